The second-order valence-electron chi connectivity index (χ2n) is 2.32. The van der Waals surface area contributed by atoms with Gasteiger partial charge in [-0.2, -0.15) is 0 Å². The van der Waals surface area contributed by atoms with Gasteiger partial charge in [0.05, 0.1) is 11.4 Å². The van der Waals surface area contributed by atoms with Crippen molar-refractivity contribution in [2.45, 2.75) is 0 Å². The van der Waals surface area contributed by atoms with Crippen LogP contribution in [0.3, 0.4) is 0 Å². The summed E-state index contributed by atoms with van der Waals surface area (Å²) in [4.78, 5) is 10.9. The summed E-state index contributed by atoms with van der Waals surface area (Å²) in [7, 11) is 0. The Hall–Kier alpha value is -1.75. The largest absolute Gasteiger partial charge is 0.397 e. The zero-order chi connectivity index (χ0) is 9.14. The molecule has 0 aliphatic carbocycles. The van der Waals surface area contributed by atoms with Crippen LogP contribution in [0.15, 0.2) is 18.2 Å². The van der Waals surface area contributed by atoms with E-state index < -0.39 is 0 Å². The molecule has 12 heavy (non-hydrogen) atoms. The van der Waals surface area contributed by atoms with Gasteiger partial charge in [0, 0.05) is 5.56 Å². The molecule has 0 saturated carbocycles. The molecule has 0 spiro atoms. The molecule has 5 nitrogen and oxygen atoms in total. The SMILES string of the molecule is NNC(=O)c1ccc(N)c(N)c1. The van der Waals surface area contributed by atoms with E-state index in [4.69, 9.17) is 17.3 Å². The summed E-state index contributed by atoms with van der Waals surface area (Å²) < 4.78 is 0. The maximum atomic E-state index is 10.9. The molecule has 0 aliphatic heterocycles. The van der Waals surface area contributed by atoms with Crippen LogP contribution >= 0.6 is 0 Å². The lowest BCUT2D eigenvalue weighted by Gasteiger charge is -2.02. The molecular formula is C7H10N4O. The van der Waals surface area contributed by atoms with Crippen LogP contribution < -0.4 is 22.7 Å². The summed E-state index contributed by atoms with van der Waals surface area (Å²) in [6.45, 7) is 0. The number of hydrazine groups is 1. The Bertz CT molecular complexity index is 310. The highest BCUT2D eigenvalue weighted by Gasteiger charge is 2.03. The fourth-order valence-corrected chi connectivity index (χ4v) is 0.799. The molecule has 0 aromatic heterocycles. The molecule has 0 atom stereocenters. The number of amides is 1. The van der Waals surface area contributed by atoms with Crippen LogP contribution in [-0.2, 0) is 0 Å². The van der Waals surface area contributed by atoms with Crippen molar-refractivity contribution >= 4 is 17.3 Å². The second-order valence-corrected chi connectivity index (χ2v) is 2.32. The normalized spacial score (nSPS) is 9.42. The molecule has 0 radical (unpaired) electrons. The average molecular weight is 166 g/mol. The van der Waals surface area contributed by atoms with E-state index in [9.17, 15) is 4.79 Å². The summed E-state index contributed by atoms with van der Waals surface area (Å²) in [5.41, 5.74) is 14.1. The highest BCUT2D eigenvalue weighted by molar-refractivity contribution is 5.95. The van der Waals surface area contributed by atoms with Crippen LogP contribution in [0.1, 0.15) is 10.4 Å². The number of hydrogen-bond donors (Lipinski definition) is 4. The molecule has 1 aromatic rings. The molecule has 0 aliphatic rings. The minimum Gasteiger partial charge on any atom is -0.397 e. The molecule has 1 amide bonds. The molecule has 1 aromatic carbocycles. The fourth-order valence-electron chi connectivity index (χ4n) is 0.799. The highest BCUT2D eigenvalue weighted by atomic mass is 16.2. The number of nitrogens with one attached hydrogen (secondary N) is 1. The van der Waals surface area contributed by atoms with Crippen LogP contribution in [-0.4, -0.2) is 5.91 Å². The smallest absolute Gasteiger partial charge is 0.265 e. The number of hydrogen-bond acceptors (Lipinski definition) is 4. The Morgan fingerprint density at radius 1 is 1.25 bits per heavy atom. The van der Waals surface area contributed by atoms with Gasteiger partial charge in [-0.3, -0.25) is 10.2 Å². The number of rotatable bonds is 1. The summed E-state index contributed by atoms with van der Waals surface area (Å²) in [6, 6.07) is 4.57. The van der Waals surface area contributed by atoms with Gasteiger partial charge in [0.2, 0.25) is 0 Å². The van der Waals surface area contributed by atoms with Crippen molar-refractivity contribution in [3.05, 3.63) is 23.8 Å². The van der Waals surface area contributed by atoms with E-state index in [1.54, 1.807) is 12.1 Å². The fraction of sp³-hybridized carbons (Fsp3) is 0. The van der Waals surface area contributed by atoms with E-state index in [2.05, 4.69) is 0 Å². The molecule has 64 valence electrons. The zero-order valence-corrected chi connectivity index (χ0v) is 6.37. The van der Waals surface area contributed by atoms with Crippen LogP contribution in [0, 0.1) is 0 Å². The Morgan fingerprint density at radius 3 is 2.42 bits per heavy atom. The number of anilines is 2. The van der Waals surface area contributed by atoms with Crippen molar-refractivity contribution < 1.29 is 4.79 Å². The van der Waals surface area contributed by atoms with Crippen molar-refractivity contribution in [3.8, 4) is 0 Å². The van der Waals surface area contributed by atoms with Gasteiger partial charge in [-0.15, -0.1) is 0 Å². The van der Waals surface area contributed by atoms with Gasteiger partial charge >= 0.3 is 0 Å². The number of nitrogens with two attached hydrogens (primary N) is 3. The van der Waals surface area contributed by atoms with Crippen LogP contribution in [0.4, 0.5) is 11.4 Å². The minimum absolute atomic E-state index is 0.371. The summed E-state index contributed by atoms with van der Waals surface area (Å²) in [6.07, 6.45) is 0. The van der Waals surface area contributed by atoms with Crippen molar-refractivity contribution in [3.63, 3.8) is 0 Å². The Morgan fingerprint density at radius 2 is 1.92 bits per heavy atom. The quantitative estimate of drug-likeness (QED) is 0.194. The third-order valence-electron chi connectivity index (χ3n) is 1.48. The van der Waals surface area contributed by atoms with Gasteiger partial charge in [-0.25, -0.2) is 5.84 Å². The van der Waals surface area contributed by atoms with Gasteiger partial charge < -0.3 is 11.5 Å². The molecule has 5 heteroatoms. The number of carbonyl (C=O) groups is 1. The third kappa shape index (κ3) is 1.46. The topological polar surface area (TPSA) is 107 Å². The summed E-state index contributed by atoms with van der Waals surface area (Å²) in [5, 5.41) is 0. The van der Waals surface area contributed by atoms with E-state index in [0.29, 0.717) is 16.9 Å². The summed E-state index contributed by atoms with van der Waals surface area (Å²) >= 11 is 0. The standard InChI is InChI=1S/C7H10N4O/c8-5-2-1-4(3-6(5)9)7(12)11-10/h1-3H,8-10H2,(H,11,12). The van der Waals surface area contributed by atoms with Gasteiger partial charge in [-0.05, 0) is 18.2 Å². The monoisotopic (exact) mass is 166 g/mol. The maximum absolute atomic E-state index is 10.9. The van der Waals surface area contributed by atoms with Gasteiger partial charge in [-0.1, -0.05) is 0 Å². The molecule has 0 bridgehead atoms. The molecular weight excluding hydrogens is 156 g/mol. The molecule has 7 N–H and O–H groups in total. The molecule has 0 fully saturated rings. The average Bonchev–Trinajstić information content (AvgIpc) is 2.08. The minimum atomic E-state index is -0.387. The van der Waals surface area contributed by atoms with Gasteiger partial charge in [0.1, 0.15) is 0 Å². The maximum Gasteiger partial charge on any atom is 0.265 e. The van der Waals surface area contributed by atoms with E-state index in [1.807, 2.05) is 5.43 Å². The second kappa shape index (κ2) is 3.10. The number of benzene rings is 1. The summed E-state index contributed by atoms with van der Waals surface area (Å²) in [5.74, 6) is 4.53. The Labute approximate surface area is 69.5 Å². The van der Waals surface area contributed by atoms with Crippen LogP contribution in [0.2, 0.25) is 0 Å². The van der Waals surface area contributed by atoms with E-state index in [1.165, 1.54) is 6.07 Å². The first-order valence-electron chi connectivity index (χ1n) is 3.31. The molecule has 0 heterocycles. The third-order valence-corrected chi connectivity index (χ3v) is 1.48. The lowest BCUT2D eigenvalue weighted by Crippen LogP contribution is -2.30. The first-order chi connectivity index (χ1) is 5.65. The van der Waals surface area contributed by atoms with Crippen molar-refractivity contribution in [1.82, 2.24) is 5.43 Å². The lowest BCUT2D eigenvalue weighted by molar-refractivity contribution is 0.0953. The molecule has 0 unspecified atom stereocenters. The van der Waals surface area contributed by atoms with Crippen molar-refractivity contribution in [2.75, 3.05) is 11.5 Å². The predicted molar refractivity (Wildman–Crippen MR) is 46.9 cm³/mol. The molecule has 0 saturated heterocycles. The van der Waals surface area contributed by atoms with Crippen molar-refractivity contribution in [1.29, 1.82) is 0 Å². The highest BCUT2D eigenvalue weighted by Crippen LogP contribution is 2.15. The number of nitrogen functional groups attached to an aromatic ring is 3. The van der Waals surface area contributed by atoms with Crippen molar-refractivity contribution in [2.24, 2.45) is 5.84 Å². The Balaban J connectivity index is 3.05. The first-order valence-corrected chi connectivity index (χ1v) is 3.31. The first kappa shape index (κ1) is 8.35. The van der Waals surface area contributed by atoms with Crippen LogP contribution in [0.5, 0.6) is 0 Å². The predicted octanol–water partition coefficient (Wildman–Crippen LogP) is -0.546. The van der Waals surface area contributed by atoms with E-state index in [0.717, 1.165) is 0 Å². The van der Waals surface area contributed by atoms with E-state index >= 15 is 0 Å². The van der Waals surface area contributed by atoms with Crippen LogP contribution in [0.25, 0.3) is 0 Å². The zero-order valence-electron chi connectivity index (χ0n) is 6.37. The molecule has 1 rings (SSSR count). The number of carbonyl (C=O) groups excluding carboxylic acids is 1. The lowest BCUT2D eigenvalue weighted by atomic mass is 10.1. The van der Waals surface area contributed by atoms with Gasteiger partial charge in [0.15, 0.2) is 0 Å². The Kier molecular flexibility index (Phi) is 2.16. The van der Waals surface area contributed by atoms with E-state index in [-0.39, 0.29) is 5.91 Å². The van der Waals surface area contributed by atoms with Gasteiger partial charge in [0.25, 0.3) is 5.91 Å².